The van der Waals surface area contributed by atoms with Crippen LogP contribution in [0.1, 0.15) is 37.0 Å². The van der Waals surface area contributed by atoms with Gasteiger partial charge in [-0.25, -0.2) is 13.2 Å². The number of hydrogen-bond acceptors (Lipinski definition) is 6. The number of amides is 1. The molecule has 0 aromatic heterocycles. The molecule has 1 amide bonds. The molecule has 8 nitrogen and oxygen atoms in total. The number of hydrogen-bond donors (Lipinski definition) is 2. The topological polar surface area (TPSA) is 111 Å². The van der Waals surface area contributed by atoms with Crippen LogP contribution in [0.15, 0.2) is 47.4 Å². The van der Waals surface area contributed by atoms with Crippen molar-refractivity contribution in [1.29, 1.82) is 0 Å². The van der Waals surface area contributed by atoms with E-state index in [0.717, 1.165) is 12.8 Å². The lowest BCUT2D eigenvalue weighted by Crippen LogP contribution is -2.41. The quantitative estimate of drug-likeness (QED) is 0.407. The summed E-state index contributed by atoms with van der Waals surface area (Å²) in [5.74, 6) is -0.920. The number of carbonyl (C=O) groups is 2. The summed E-state index contributed by atoms with van der Waals surface area (Å²) >= 11 is 5.90. The van der Waals surface area contributed by atoms with E-state index in [9.17, 15) is 18.0 Å². The van der Waals surface area contributed by atoms with Gasteiger partial charge in [-0.15, -0.1) is 0 Å². The lowest BCUT2D eigenvalue weighted by atomic mass is 10.2. The van der Waals surface area contributed by atoms with Crippen molar-refractivity contribution in [3.63, 3.8) is 0 Å². The summed E-state index contributed by atoms with van der Waals surface area (Å²) in [7, 11) is -2.74. The number of esters is 1. The summed E-state index contributed by atoms with van der Waals surface area (Å²) < 4.78 is 37.9. The smallest absolute Gasteiger partial charge is 0.338 e. The largest absolute Gasteiger partial charge is 0.495 e. The molecule has 0 radical (unpaired) electrons. The third kappa shape index (κ3) is 6.95. The number of ether oxygens (including phenoxy) is 2. The number of rotatable bonds is 10. The van der Waals surface area contributed by atoms with Crippen LogP contribution in [0.4, 0.5) is 5.69 Å². The van der Waals surface area contributed by atoms with Crippen molar-refractivity contribution in [2.45, 2.75) is 37.6 Å². The average molecular weight is 469 g/mol. The standard InChI is InChI=1S/C21H25ClN2O6S/c1-4-5-12-30-21(26)15-6-9-17(10-7-15)23-20(25)14(2)24-31(27,28)19-13-16(22)8-11-18(19)29-3/h6-11,13-14,24H,4-5,12H2,1-3H3,(H,23,25)/t14-/m0/s1. The maximum absolute atomic E-state index is 12.7. The van der Waals surface area contributed by atoms with E-state index >= 15 is 0 Å². The van der Waals surface area contributed by atoms with Crippen LogP contribution >= 0.6 is 11.6 Å². The summed E-state index contributed by atoms with van der Waals surface area (Å²) in [5.41, 5.74) is 0.761. The molecule has 0 aliphatic carbocycles. The summed E-state index contributed by atoms with van der Waals surface area (Å²) in [5, 5.41) is 2.81. The molecule has 2 aromatic rings. The minimum atomic E-state index is -4.07. The summed E-state index contributed by atoms with van der Waals surface area (Å²) in [6, 6.07) is 9.20. The maximum atomic E-state index is 12.7. The molecule has 2 rings (SSSR count). The first kappa shape index (κ1) is 24.6. The molecule has 2 aromatic carbocycles. The highest BCUT2D eigenvalue weighted by atomic mass is 35.5. The highest BCUT2D eigenvalue weighted by molar-refractivity contribution is 7.89. The van der Waals surface area contributed by atoms with Crippen molar-refractivity contribution in [2.24, 2.45) is 0 Å². The van der Waals surface area contributed by atoms with Gasteiger partial charge in [-0.2, -0.15) is 4.72 Å². The van der Waals surface area contributed by atoms with Gasteiger partial charge >= 0.3 is 5.97 Å². The van der Waals surface area contributed by atoms with E-state index in [1.165, 1.54) is 56.5 Å². The molecular formula is C21H25ClN2O6S. The van der Waals surface area contributed by atoms with Gasteiger partial charge < -0.3 is 14.8 Å². The summed E-state index contributed by atoms with van der Waals surface area (Å²) in [6.07, 6.45) is 1.71. The first-order chi connectivity index (χ1) is 14.7. The zero-order valence-electron chi connectivity index (χ0n) is 17.5. The van der Waals surface area contributed by atoms with Gasteiger partial charge in [0.15, 0.2) is 0 Å². The molecule has 0 heterocycles. The zero-order chi connectivity index (χ0) is 23.0. The van der Waals surface area contributed by atoms with Gasteiger partial charge in [0, 0.05) is 10.7 Å². The van der Waals surface area contributed by atoms with Crippen molar-refractivity contribution in [3.8, 4) is 5.75 Å². The van der Waals surface area contributed by atoms with E-state index in [1.54, 1.807) is 0 Å². The number of halogens is 1. The van der Waals surface area contributed by atoms with Crippen molar-refractivity contribution in [3.05, 3.63) is 53.1 Å². The molecule has 0 bridgehead atoms. The molecule has 0 spiro atoms. The van der Waals surface area contributed by atoms with Crippen LogP contribution in [-0.2, 0) is 19.6 Å². The van der Waals surface area contributed by atoms with E-state index in [0.29, 0.717) is 17.9 Å². The number of carbonyl (C=O) groups excluding carboxylic acids is 2. The fourth-order valence-electron chi connectivity index (χ4n) is 2.54. The number of benzene rings is 2. The molecule has 1 atom stereocenters. The lowest BCUT2D eigenvalue weighted by Gasteiger charge is -2.16. The van der Waals surface area contributed by atoms with Gasteiger partial charge in [0.25, 0.3) is 0 Å². The predicted molar refractivity (Wildman–Crippen MR) is 118 cm³/mol. The summed E-state index contributed by atoms with van der Waals surface area (Å²) in [6.45, 7) is 3.75. The second-order valence-corrected chi connectivity index (χ2v) is 8.81. The van der Waals surface area contributed by atoms with Crippen molar-refractivity contribution < 1.29 is 27.5 Å². The lowest BCUT2D eigenvalue weighted by molar-refractivity contribution is -0.117. The molecule has 0 aliphatic heterocycles. The van der Waals surface area contributed by atoms with Gasteiger partial charge in [-0.05, 0) is 55.8 Å². The van der Waals surface area contributed by atoms with Crippen molar-refractivity contribution in [1.82, 2.24) is 4.72 Å². The van der Waals surface area contributed by atoms with Crippen LogP contribution in [-0.4, -0.2) is 40.1 Å². The average Bonchev–Trinajstić information content (AvgIpc) is 2.74. The Labute approximate surface area is 186 Å². The zero-order valence-corrected chi connectivity index (χ0v) is 19.0. The highest BCUT2D eigenvalue weighted by Crippen LogP contribution is 2.27. The van der Waals surface area contributed by atoms with Gasteiger partial charge in [-0.1, -0.05) is 24.9 Å². The number of sulfonamides is 1. The second kappa shape index (κ2) is 11.1. The maximum Gasteiger partial charge on any atom is 0.338 e. The molecule has 0 saturated heterocycles. The third-order valence-electron chi connectivity index (χ3n) is 4.26. The Hall–Kier alpha value is -2.62. The minimum Gasteiger partial charge on any atom is -0.495 e. The Morgan fingerprint density at radius 3 is 2.42 bits per heavy atom. The Bertz CT molecular complexity index is 1020. The Morgan fingerprint density at radius 2 is 1.81 bits per heavy atom. The predicted octanol–water partition coefficient (Wildman–Crippen LogP) is 3.61. The molecule has 0 aliphatic rings. The molecule has 0 saturated carbocycles. The number of unbranched alkanes of at least 4 members (excludes halogenated alkanes) is 1. The Balaban J connectivity index is 2.02. The third-order valence-corrected chi connectivity index (χ3v) is 6.06. The number of nitrogens with one attached hydrogen (secondary N) is 2. The summed E-state index contributed by atoms with van der Waals surface area (Å²) in [4.78, 5) is 24.2. The van der Waals surface area contributed by atoms with Gasteiger partial charge in [-0.3, -0.25) is 4.79 Å². The normalized spacial score (nSPS) is 12.1. The van der Waals surface area contributed by atoms with Gasteiger partial charge in [0.05, 0.1) is 25.3 Å². The highest BCUT2D eigenvalue weighted by Gasteiger charge is 2.25. The van der Waals surface area contributed by atoms with Crippen LogP contribution in [0.5, 0.6) is 5.75 Å². The molecule has 31 heavy (non-hydrogen) atoms. The number of methoxy groups -OCH3 is 1. The first-order valence-corrected chi connectivity index (χ1v) is 11.5. The van der Waals surface area contributed by atoms with Gasteiger partial charge in [0.1, 0.15) is 10.6 Å². The molecule has 168 valence electrons. The van der Waals surface area contributed by atoms with Gasteiger partial charge in [0.2, 0.25) is 15.9 Å². The minimum absolute atomic E-state index is 0.103. The molecular weight excluding hydrogens is 444 g/mol. The fourth-order valence-corrected chi connectivity index (χ4v) is 4.18. The fraction of sp³-hybridized carbons (Fsp3) is 0.333. The first-order valence-electron chi connectivity index (χ1n) is 9.62. The van der Waals surface area contributed by atoms with E-state index in [2.05, 4.69) is 10.0 Å². The SMILES string of the molecule is CCCCOC(=O)c1ccc(NC(=O)[C@H](C)NS(=O)(=O)c2cc(Cl)ccc2OC)cc1. The monoisotopic (exact) mass is 468 g/mol. The van der Waals surface area contributed by atoms with Crippen LogP contribution in [0.25, 0.3) is 0 Å². The van der Waals surface area contributed by atoms with Crippen LogP contribution in [0, 0.1) is 0 Å². The second-order valence-electron chi connectivity index (χ2n) is 6.69. The number of anilines is 1. The molecule has 10 heteroatoms. The molecule has 0 fully saturated rings. The van der Waals surface area contributed by atoms with Crippen molar-refractivity contribution in [2.75, 3.05) is 19.0 Å². The van der Waals surface area contributed by atoms with Crippen LogP contribution in [0.3, 0.4) is 0 Å². The Kier molecular flexibility index (Phi) is 8.85. The molecule has 2 N–H and O–H groups in total. The van der Waals surface area contributed by atoms with E-state index < -0.39 is 27.9 Å². The van der Waals surface area contributed by atoms with E-state index in [1.807, 2.05) is 6.92 Å². The van der Waals surface area contributed by atoms with E-state index in [-0.39, 0.29) is 15.7 Å². The van der Waals surface area contributed by atoms with E-state index in [4.69, 9.17) is 21.1 Å². The van der Waals surface area contributed by atoms with Crippen LogP contribution < -0.4 is 14.8 Å². The van der Waals surface area contributed by atoms with Crippen molar-refractivity contribution >= 4 is 39.2 Å². The molecule has 0 unspecified atom stereocenters. The van der Waals surface area contributed by atoms with Crippen LogP contribution in [0.2, 0.25) is 5.02 Å². The Morgan fingerprint density at radius 1 is 1.13 bits per heavy atom.